The fourth-order valence-corrected chi connectivity index (χ4v) is 3.03. The molecular formula is C15H20BrN3S. The molecule has 2 rings (SSSR count). The monoisotopic (exact) mass is 353 g/mol. The van der Waals surface area contributed by atoms with Crippen molar-refractivity contribution in [2.24, 2.45) is 0 Å². The SMILES string of the molecule is CC(C)NCc1cc(Br)cnc1N(C)Cc1ccsc1. The number of pyridine rings is 1. The van der Waals surface area contributed by atoms with Crippen LogP contribution in [0.25, 0.3) is 0 Å². The maximum Gasteiger partial charge on any atom is 0.133 e. The van der Waals surface area contributed by atoms with Gasteiger partial charge in [0.05, 0.1) is 0 Å². The number of halogens is 1. The molecule has 0 saturated heterocycles. The van der Waals surface area contributed by atoms with Crippen LogP contribution in [0.4, 0.5) is 5.82 Å². The average molecular weight is 354 g/mol. The van der Waals surface area contributed by atoms with Gasteiger partial charge in [0.2, 0.25) is 0 Å². The van der Waals surface area contributed by atoms with E-state index in [1.807, 2.05) is 6.20 Å². The molecule has 108 valence electrons. The lowest BCUT2D eigenvalue weighted by atomic mass is 10.2. The molecule has 0 aromatic carbocycles. The van der Waals surface area contributed by atoms with Crippen LogP contribution in [0.15, 0.2) is 33.6 Å². The second-order valence-corrected chi connectivity index (χ2v) is 6.86. The zero-order valence-electron chi connectivity index (χ0n) is 12.1. The van der Waals surface area contributed by atoms with Crippen LogP contribution in [0.2, 0.25) is 0 Å². The van der Waals surface area contributed by atoms with Gasteiger partial charge in [0.25, 0.3) is 0 Å². The summed E-state index contributed by atoms with van der Waals surface area (Å²) >= 11 is 5.24. The van der Waals surface area contributed by atoms with E-state index in [0.29, 0.717) is 6.04 Å². The molecule has 2 heterocycles. The van der Waals surface area contributed by atoms with Crippen molar-refractivity contribution in [2.45, 2.75) is 33.0 Å². The number of anilines is 1. The standard InChI is InChI=1S/C15H20BrN3S/c1-11(2)17-7-13-6-14(16)8-18-15(13)19(3)9-12-4-5-20-10-12/h4-6,8,10-11,17H,7,9H2,1-3H3. The van der Waals surface area contributed by atoms with Crippen LogP contribution in [0, 0.1) is 0 Å². The maximum atomic E-state index is 4.58. The molecule has 2 aromatic rings. The van der Waals surface area contributed by atoms with Gasteiger partial charge < -0.3 is 10.2 Å². The van der Waals surface area contributed by atoms with Crippen molar-refractivity contribution in [1.82, 2.24) is 10.3 Å². The minimum Gasteiger partial charge on any atom is -0.355 e. The Hall–Kier alpha value is -0.910. The smallest absolute Gasteiger partial charge is 0.133 e. The normalized spacial score (nSPS) is 11.1. The Morgan fingerprint density at radius 2 is 2.25 bits per heavy atom. The van der Waals surface area contributed by atoms with Gasteiger partial charge in [-0.2, -0.15) is 11.3 Å². The van der Waals surface area contributed by atoms with E-state index < -0.39 is 0 Å². The first-order chi connectivity index (χ1) is 9.56. The van der Waals surface area contributed by atoms with Crippen molar-refractivity contribution in [3.8, 4) is 0 Å². The van der Waals surface area contributed by atoms with Crippen LogP contribution in [0.5, 0.6) is 0 Å². The highest BCUT2D eigenvalue weighted by Gasteiger charge is 2.11. The van der Waals surface area contributed by atoms with E-state index in [1.54, 1.807) is 11.3 Å². The van der Waals surface area contributed by atoms with Gasteiger partial charge in [-0.15, -0.1) is 0 Å². The van der Waals surface area contributed by atoms with E-state index in [0.717, 1.165) is 23.4 Å². The molecule has 3 nitrogen and oxygen atoms in total. The van der Waals surface area contributed by atoms with E-state index in [2.05, 4.69) is 74.9 Å². The van der Waals surface area contributed by atoms with Crippen molar-refractivity contribution >= 4 is 33.1 Å². The van der Waals surface area contributed by atoms with Crippen LogP contribution in [0.1, 0.15) is 25.0 Å². The summed E-state index contributed by atoms with van der Waals surface area (Å²) in [5, 5.41) is 7.75. The molecule has 0 fully saturated rings. The number of nitrogens with one attached hydrogen (secondary N) is 1. The molecular weight excluding hydrogens is 334 g/mol. The van der Waals surface area contributed by atoms with Gasteiger partial charge in [0.1, 0.15) is 5.82 Å². The highest BCUT2D eigenvalue weighted by atomic mass is 79.9. The van der Waals surface area contributed by atoms with Crippen molar-refractivity contribution in [3.63, 3.8) is 0 Å². The Balaban J connectivity index is 2.16. The largest absolute Gasteiger partial charge is 0.355 e. The lowest BCUT2D eigenvalue weighted by Crippen LogP contribution is -2.25. The molecule has 0 atom stereocenters. The van der Waals surface area contributed by atoms with E-state index >= 15 is 0 Å². The molecule has 0 spiro atoms. The van der Waals surface area contributed by atoms with Crippen LogP contribution in [-0.4, -0.2) is 18.1 Å². The number of aromatic nitrogens is 1. The zero-order chi connectivity index (χ0) is 14.5. The summed E-state index contributed by atoms with van der Waals surface area (Å²) in [5.41, 5.74) is 2.54. The first kappa shape index (κ1) is 15.5. The lowest BCUT2D eigenvalue weighted by Gasteiger charge is -2.21. The molecule has 20 heavy (non-hydrogen) atoms. The second kappa shape index (κ2) is 7.20. The van der Waals surface area contributed by atoms with E-state index in [4.69, 9.17) is 0 Å². The fraction of sp³-hybridized carbons (Fsp3) is 0.400. The number of hydrogen-bond donors (Lipinski definition) is 1. The summed E-state index contributed by atoms with van der Waals surface area (Å²) in [6.45, 7) is 6.01. The first-order valence-electron chi connectivity index (χ1n) is 6.66. The Kier molecular flexibility index (Phi) is 5.57. The van der Waals surface area contributed by atoms with Gasteiger partial charge in [0.15, 0.2) is 0 Å². The molecule has 0 aliphatic heterocycles. The van der Waals surface area contributed by atoms with Crippen LogP contribution in [-0.2, 0) is 13.1 Å². The van der Waals surface area contributed by atoms with Crippen molar-refractivity contribution in [1.29, 1.82) is 0 Å². The predicted octanol–water partition coefficient (Wildman–Crippen LogP) is 4.04. The summed E-state index contributed by atoms with van der Waals surface area (Å²) in [6, 6.07) is 4.76. The van der Waals surface area contributed by atoms with Gasteiger partial charge in [-0.1, -0.05) is 13.8 Å². The number of rotatable bonds is 6. The van der Waals surface area contributed by atoms with Crippen LogP contribution in [0.3, 0.4) is 0 Å². The number of hydrogen-bond acceptors (Lipinski definition) is 4. The van der Waals surface area contributed by atoms with Gasteiger partial charge in [-0.25, -0.2) is 4.98 Å². The van der Waals surface area contributed by atoms with Crippen molar-refractivity contribution in [3.05, 3.63) is 44.7 Å². The average Bonchev–Trinajstić information content (AvgIpc) is 2.89. The summed E-state index contributed by atoms with van der Waals surface area (Å²) < 4.78 is 1.02. The van der Waals surface area contributed by atoms with E-state index in [9.17, 15) is 0 Å². The lowest BCUT2D eigenvalue weighted by molar-refractivity contribution is 0.587. The van der Waals surface area contributed by atoms with Gasteiger partial charge in [-0.05, 0) is 44.4 Å². The van der Waals surface area contributed by atoms with Crippen LogP contribution >= 0.6 is 27.3 Å². The summed E-state index contributed by atoms with van der Waals surface area (Å²) in [7, 11) is 2.09. The number of nitrogens with zero attached hydrogens (tertiary/aromatic N) is 2. The highest BCUT2D eigenvalue weighted by molar-refractivity contribution is 9.10. The molecule has 0 saturated carbocycles. The highest BCUT2D eigenvalue weighted by Crippen LogP contribution is 2.22. The Labute approximate surface area is 133 Å². The predicted molar refractivity (Wildman–Crippen MR) is 90.3 cm³/mol. The maximum absolute atomic E-state index is 4.58. The Bertz CT molecular complexity index is 540. The quantitative estimate of drug-likeness (QED) is 0.849. The molecule has 0 amide bonds. The fourth-order valence-electron chi connectivity index (χ4n) is 1.99. The molecule has 1 N–H and O–H groups in total. The zero-order valence-corrected chi connectivity index (χ0v) is 14.5. The summed E-state index contributed by atoms with van der Waals surface area (Å²) in [4.78, 5) is 6.78. The van der Waals surface area contributed by atoms with Gasteiger partial charge >= 0.3 is 0 Å². The van der Waals surface area contributed by atoms with Gasteiger partial charge in [0, 0.05) is 42.4 Å². The third-order valence-electron chi connectivity index (χ3n) is 2.97. The molecule has 0 aliphatic carbocycles. The molecule has 0 unspecified atom stereocenters. The second-order valence-electron chi connectivity index (χ2n) is 5.16. The molecule has 0 bridgehead atoms. The van der Waals surface area contributed by atoms with Crippen molar-refractivity contribution in [2.75, 3.05) is 11.9 Å². The number of thiophene rings is 1. The minimum atomic E-state index is 0.462. The summed E-state index contributed by atoms with van der Waals surface area (Å²) in [6.07, 6.45) is 1.86. The third kappa shape index (κ3) is 4.30. The Morgan fingerprint density at radius 3 is 2.90 bits per heavy atom. The molecule has 0 aliphatic rings. The van der Waals surface area contributed by atoms with Crippen molar-refractivity contribution < 1.29 is 0 Å². The Morgan fingerprint density at radius 1 is 1.45 bits per heavy atom. The minimum absolute atomic E-state index is 0.462. The van der Waals surface area contributed by atoms with Gasteiger partial charge in [-0.3, -0.25) is 0 Å². The molecule has 0 radical (unpaired) electrons. The molecule has 5 heteroatoms. The third-order valence-corrected chi connectivity index (χ3v) is 4.14. The van der Waals surface area contributed by atoms with E-state index in [1.165, 1.54) is 11.1 Å². The topological polar surface area (TPSA) is 28.2 Å². The summed E-state index contributed by atoms with van der Waals surface area (Å²) in [5.74, 6) is 1.03. The van der Waals surface area contributed by atoms with E-state index in [-0.39, 0.29) is 0 Å². The molecule has 2 aromatic heterocycles. The first-order valence-corrected chi connectivity index (χ1v) is 8.40. The van der Waals surface area contributed by atoms with Crippen LogP contribution < -0.4 is 10.2 Å².